The van der Waals surface area contributed by atoms with Gasteiger partial charge in [0, 0.05) is 6.92 Å². The van der Waals surface area contributed by atoms with Crippen molar-refractivity contribution in [2.75, 3.05) is 0 Å². The van der Waals surface area contributed by atoms with E-state index >= 15 is 0 Å². The number of rotatable bonds is 4. The second-order valence-electron chi connectivity index (χ2n) is 4.13. The maximum atomic E-state index is 12.1. The number of hydrazine groups is 1. The third-order valence-corrected chi connectivity index (χ3v) is 3.77. The molecule has 22 heavy (non-hydrogen) atoms. The first-order valence-electron chi connectivity index (χ1n) is 5.97. The molecule has 0 aromatic heterocycles. The largest absolute Gasteiger partial charge is 0.435 e. The Morgan fingerprint density at radius 1 is 1.41 bits per heavy atom. The van der Waals surface area contributed by atoms with Crippen LogP contribution in [-0.2, 0) is 9.59 Å². The second-order valence-corrected chi connectivity index (χ2v) is 5.81. The zero-order valence-electron chi connectivity index (χ0n) is 11.2. The monoisotopic (exact) mass is 344 g/mol. The molecule has 5 nitrogen and oxygen atoms in total. The van der Waals surface area contributed by atoms with Crippen LogP contribution in [0.3, 0.4) is 0 Å². The highest BCUT2D eigenvalue weighted by Gasteiger charge is 2.32. The molecule has 1 aliphatic rings. The molecule has 0 spiro atoms. The van der Waals surface area contributed by atoms with Crippen molar-refractivity contribution in [1.29, 1.82) is 0 Å². The minimum absolute atomic E-state index is 0.0259. The van der Waals surface area contributed by atoms with Gasteiger partial charge in [-0.15, -0.1) is 0 Å². The Bertz CT molecular complexity index is 647. The molecular formula is C13H10F2N2O3S2. The van der Waals surface area contributed by atoms with Gasteiger partial charge >= 0.3 is 6.61 Å². The first kappa shape index (κ1) is 16.4. The van der Waals surface area contributed by atoms with E-state index in [1.807, 2.05) is 0 Å². The van der Waals surface area contributed by atoms with Crippen molar-refractivity contribution in [3.05, 3.63) is 34.7 Å². The number of hydrogen-bond donors (Lipinski definition) is 1. The summed E-state index contributed by atoms with van der Waals surface area (Å²) < 4.78 is 28.6. The number of nitrogens with one attached hydrogen (secondary N) is 1. The lowest BCUT2D eigenvalue weighted by Crippen LogP contribution is -2.43. The lowest BCUT2D eigenvalue weighted by Gasteiger charge is -2.13. The number of alkyl halides is 2. The molecule has 1 aliphatic heterocycles. The van der Waals surface area contributed by atoms with E-state index in [2.05, 4.69) is 10.2 Å². The number of carbonyl (C=O) groups excluding carboxylic acids is 2. The van der Waals surface area contributed by atoms with Gasteiger partial charge in [0.2, 0.25) is 5.91 Å². The predicted octanol–water partition coefficient (Wildman–Crippen LogP) is 2.54. The fraction of sp³-hybridized carbons (Fsp3) is 0.154. The summed E-state index contributed by atoms with van der Waals surface area (Å²) in [5.41, 5.74) is 2.94. The zero-order chi connectivity index (χ0) is 16.3. The highest BCUT2D eigenvalue weighted by molar-refractivity contribution is 8.26. The van der Waals surface area contributed by atoms with E-state index in [1.165, 1.54) is 31.2 Å². The van der Waals surface area contributed by atoms with Gasteiger partial charge < -0.3 is 4.74 Å². The highest BCUT2D eigenvalue weighted by atomic mass is 32.2. The van der Waals surface area contributed by atoms with Crippen molar-refractivity contribution in [2.24, 2.45) is 0 Å². The summed E-state index contributed by atoms with van der Waals surface area (Å²) in [6, 6.07) is 5.80. The van der Waals surface area contributed by atoms with Crippen LogP contribution >= 0.6 is 24.0 Å². The molecule has 1 fully saturated rings. The van der Waals surface area contributed by atoms with Crippen LogP contribution in [0.1, 0.15) is 12.5 Å². The predicted molar refractivity (Wildman–Crippen MR) is 81.9 cm³/mol. The van der Waals surface area contributed by atoms with E-state index in [9.17, 15) is 18.4 Å². The van der Waals surface area contributed by atoms with Gasteiger partial charge in [0.15, 0.2) is 4.32 Å². The Morgan fingerprint density at radius 2 is 2.05 bits per heavy atom. The van der Waals surface area contributed by atoms with E-state index in [0.717, 1.165) is 16.8 Å². The first-order chi connectivity index (χ1) is 10.4. The summed E-state index contributed by atoms with van der Waals surface area (Å²) in [7, 11) is 0. The van der Waals surface area contributed by atoms with E-state index in [-0.39, 0.29) is 10.1 Å². The molecule has 0 aliphatic carbocycles. The maximum absolute atomic E-state index is 12.1. The van der Waals surface area contributed by atoms with Crippen LogP contribution in [0.2, 0.25) is 0 Å². The van der Waals surface area contributed by atoms with Crippen LogP contribution in [0, 0.1) is 0 Å². The number of benzene rings is 1. The molecule has 0 bridgehead atoms. The summed E-state index contributed by atoms with van der Waals surface area (Å²) in [5, 5.41) is 0.989. The molecule has 1 aromatic carbocycles. The van der Waals surface area contributed by atoms with E-state index in [0.29, 0.717) is 10.5 Å². The van der Waals surface area contributed by atoms with Gasteiger partial charge in [-0.25, -0.2) is 0 Å². The quantitative estimate of drug-likeness (QED) is 0.672. The lowest BCUT2D eigenvalue weighted by atomic mass is 10.2. The second kappa shape index (κ2) is 6.84. The third-order valence-electron chi connectivity index (χ3n) is 2.47. The average Bonchev–Trinajstić information content (AvgIpc) is 2.68. The van der Waals surface area contributed by atoms with Gasteiger partial charge in [-0.3, -0.25) is 15.0 Å². The van der Waals surface area contributed by atoms with Gasteiger partial charge in [0.05, 0.1) is 4.91 Å². The minimum Gasteiger partial charge on any atom is -0.435 e. The van der Waals surface area contributed by atoms with Gasteiger partial charge in [0.1, 0.15) is 5.75 Å². The van der Waals surface area contributed by atoms with Crippen LogP contribution in [-0.4, -0.2) is 27.8 Å². The van der Waals surface area contributed by atoms with Crippen LogP contribution in [0.15, 0.2) is 29.2 Å². The molecular weight excluding hydrogens is 334 g/mol. The Kier molecular flexibility index (Phi) is 5.09. The number of thioether (sulfide) groups is 1. The number of thiocarbonyl (C=S) groups is 1. The van der Waals surface area contributed by atoms with Crippen molar-refractivity contribution in [3.63, 3.8) is 0 Å². The molecule has 0 unspecified atom stereocenters. The molecule has 0 atom stereocenters. The molecule has 1 N–H and O–H groups in total. The maximum Gasteiger partial charge on any atom is 0.387 e. The molecule has 2 amide bonds. The Labute approximate surface area is 134 Å². The number of halogens is 2. The normalized spacial score (nSPS) is 16.5. The number of hydrogen-bond acceptors (Lipinski definition) is 5. The molecule has 0 saturated carbocycles. The van der Waals surface area contributed by atoms with E-state index in [4.69, 9.17) is 12.2 Å². The van der Waals surface area contributed by atoms with Crippen molar-refractivity contribution in [3.8, 4) is 5.75 Å². The van der Waals surface area contributed by atoms with E-state index < -0.39 is 18.4 Å². The topological polar surface area (TPSA) is 58.6 Å². The smallest absolute Gasteiger partial charge is 0.387 e. The van der Waals surface area contributed by atoms with Gasteiger partial charge in [-0.05, 0) is 36.0 Å². The highest BCUT2D eigenvalue weighted by Crippen LogP contribution is 2.31. The van der Waals surface area contributed by atoms with Crippen LogP contribution in [0.5, 0.6) is 5.75 Å². The summed E-state index contributed by atoms with van der Waals surface area (Å²) >= 11 is 6.04. The minimum atomic E-state index is -2.89. The third kappa shape index (κ3) is 4.01. The van der Waals surface area contributed by atoms with Crippen LogP contribution < -0.4 is 10.2 Å². The van der Waals surface area contributed by atoms with Crippen molar-refractivity contribution >= 4 is 46.2 Å². The summed E-state index contributed by atoms with van der Waals surface area (Å²) in [4.78, 5) is 23.4. The zero-order valence-corrected chi connectivity index (χ0v) is 12.8. The SMILES string of the molecule is CC(=O)NN1C(=O)/C(=C\c2ccc(OC(F)F)cc2)SC1=S. The molecule has 9 heteroatoms. The Morgan fingerprint density at radius 3 is 2.59 bits per heavy atom. The number of amides is 2. The van der Waals surface area contributed by atoms with Crippen molar-refractivity contribution in [1.82, 2.24) is 10.4 Å². The number of carbonyl (C=O) groups is 2. The van der Waals surface area contributed by atoms with Crippen molar-refractivity contribution in [2.45, 2.75) is 13.5 Å². The fourth-order valence-electron chi connectivity index (χ4n) is 1.62. The van der Waals surface area contributed by atoms with Crippen LogP contribution in [0.4, 0.5) is 8.78 Å². The molecule has 1 heterocycles. The van der Waals surface area contributed by atoms with Crippen molar-refractivity contribution < 1.29 is 23.1 Å². The molecule has 0 radical (unpaired) electrons. The number of nitrogens with zero attached hydrogens (tertiary/aromatic N) is 1. The Balaban J connectivity index is 2.14. The van der Waals surface area contributed by atoms with Crippen LogP contribution in [0.25, 0.3) is 6.08 Å². The average molecular weight is 344 g/mol. The summed E-state index contributed by atoms with van der Waals surface area (Å²) in [6.07, 6.45) is 1.55. The fourth-order valence-corrected chi connectivity index (χ4v) is 2.80. The molecule has 1 aromatic rings. The molecule has 1 saturated heterocycles. The molecule has 2 rings (SSSR count). The summed E-state index contributed by atoms with van der Waals surface area (Å²) in [6.45, 7) is -1.62. The number of ether oxygens (including phenoxy) is 1. The van der Waals surface area contributed by atoms with Gasteiger partial charge in [-0.2, -0.15) is 13.8 Å². The Hall–Kier alpha value is -2.00. The van der Waals surface area contributed by atoms with Gasteiger partial charge in [-0.1, -0.05) is 23.9 Å². The van der Waals surface area contributed by atoms with Gasteiger partial charge in [0.25, 0.3) is 5.91 Å². The van der Waals surface area contributed by atoms with E-state index in [1.54, 1.807) is 6.08 Å². The summed E-state index contributed by atoms with van der Waals surface area (Å²) in [5.74, 6) is -0.831. The molecule has 116 valence electrons. The lowest BCUT2D eigenvalue weighted by molar-refractivity contribution is -0.131. The first-order valence-corrected chi connectivity index (χ1v) is 7.19. The standard InChI is InChI=1S/C13H10F2N2O3S2/c1-7(18)16-17-11(19)10(22-13(17)21)6-8-2-4-9(5-3-8)20-12(14)15/h2-6,12H,1H3,(H,16,18)/b10-6+.